The second-order valence-electron chi connectivity index (χ2n) is 1.81. The summed E-state index contributed by atoms with van der Waals surface area (Å²) < 4.78 is 0.628. The van der Waals surface area contributed by atoms with Crippen molar-refractivity contribution >= 4 is 15.9 Å². The third kappa shape index (κ3) is 1.31. The Kier molecular flexibility index (Phi) is 1.98. The predicted molar refractivity (Wildman–Crippen MR) is 43.7 cm³/mol. The Morgan fingerprint density at radius 2 is 2.20 bits per heavy atom. The second kappa shape index (κ2) is 2.76. The Bertz CT molecular complexity index is 286. The summed E-state index contributed by atoms with van der Waals surface area (Å²) in [5.74, 6) is 2.66. The van der Waals surface area contributed by atoms with Gasteiger partial charge < -0.3 is 5.11 Å². The molecule has 0 unspecified atom stereocenters. The van der Waals surface area contributed by atoms with Crippen molar-refractivity contribution in [3.05, 3.63) is 28.2 Å². The highest BCUT2D eigenvalue weighted by Gasteiger charge is 1.95. The first kappa shape index (κ1) is 7.17. The van der Waals surface area contributed by atoms with E-state index >= 15 is 0 Å². The van der Waals surface area contributed by atoms with E-state index < -0.39 is 0 Å². The molecule has 1 N–H and O–H groups in total. The lowest BCUT2D eigenvalue weighted by atomic mass is 10.2. The Balaban J connectivity index is 3.20. The van der Waals surface area contributed by atoms with Gasteiger partial charge in [0.15, 0.2) is 0 Å². The van der Waals surface area contributed by atoms with E-state index in [9.17, 15) is 0 Å². The van der Waals surface area contributed by atoms with Gasteiger partial charge in [-0.15, -0.1) is 6.42 Å². The van der Waals surface area contributed by atoms with Gasteiger partial charge >= 0.3 is 0 Å². The minimum absolute atomic E-state index is 0.207. The van der Waals surface area contributed by atoms with Gasteiger partial charge in [0.1, 0.15) is 5.75 Å². The van der Waals surface area contributed by atoms with Gasteiger partial charge in [0.05, 0.1) is 4.47 Å². The van der Waals surface area contributed by atoms with Gasteiger partial charge in [-0.05, 0) is 34.1 Å². The Hall–Kier alpha value is -0.940. The fraction of sp³-hybridized carbons (Fsp3) is 0. The maximum atomic E-state index is 9.02. The molecule has 0 amide bonds. The molecule has 1 rings (SSSR count). The lowest BCUT2D eigenvalue weighted by Gasteiger charge is -1.95. The summed E-state index contributed by atoms with van der Waals surface area (Å²) in [6.45, 7) is 0. The van der Waals surface area contributed by atoms with E-state index in [0.29, 0.717) is 4.47 Å². The van der Waals surface area contributed by atoms with Gasteiger partial charge in [0, 0.05) is 5.56 Å². The molecule has 0 radical (unpaired) electrons. The van der Waals surface area contributed by atoms with Crippen LogP contribution in [-0.2, 0) is 0 Å². The number of benzene rings is 1. The molecule has 0 aromatic heterocycles. The van der Waals surface area contributed by atoms with Crippen LogP contribution in [0.2, 0.25) is 0 Å². The zero-order chi connectivity index (χ0) is 7.56. The summed E-state index contributed by atoms with van der Waals surface area (Å²) in [5.41, 5.74) is 0.754. The van der Waals surface area contributed by atoms with Crippen molar-refractivity contribution in [3.8, 4) is 18.1 Å². The number of phenols is 1. The van der Waals surface area contributed by atoms with Gasteiger partial charge in [0.25, 0.3) is 0 Å². The monoisotopic (exact) mass is 196 g/mol. The average Bonchev–Trinajstić information content (AvgIpc) is 1.95. The van der Waals surface area contributed by atoms with Crippen molar-refractivity contribution in [2.24, 2.45) is 0 Å². The first-order valence-electron chi connectivity index (χ1n) is 2.69. The number of rotatable bonds is 0. The maximum Gasteiger partial charge on any atom is 0.129 e. The van der Waals surface area contributed by atoms with Crippen LogP contribution in [0.5, 0.6) is 5.75 Å². The van der Waals surface area contributed by atoms with E-state index in [1.54, 1.807) is 18.2 Å². The molecule has 1 aromatic carbocycles. The van der Waals surface area contributed by atoms with E-state index in [1.165, 1.54) is 0 Å². The molecule has 10 heavy (non-hydrogen) atoms. The molecule has 0 aliphatic carbocycles. The number of phenolic OH excluding ortho intramolecular Hbond substituents is 1. The van der Waals surface area contributed by atoms with Crippen molar-refractivity contribution in [3.63, 3.8) is 0 Å². The standard InChI is InChI=1S/C8H5BrO/c1-2-6-3-4-8(10)7(9)5-6/h1,3-5,10H. The number of halogens is 1. The molecule has 2 heteroatoms. The van der Waals surface area contributed by atoms with Crippen LogP contribution in [0.15, 0.2) is 22.7 Å². The third-order valence-electron chi connectivity index (χ3n) is 1.11. The van der Waals surface area contributed by atoms with Gasteiger partial charge in [0.2, 0.25) is 0 Å². The van der Waals surface area contributed by atoms with Crippen LogP contribution in [0.1, 0.15) is 5.56 Å². The smallest absolute Gasteiger partial charge is 0.129 e. The fourth-order valence-electron chi connectivity index (χ4n) is 0.597. The topological polar surface area (TPSA) is 20.2 Å². The third-order valence-corrected chi connectivity index (χ3v) is 1.75. The van der Waals surface area contributed by atoms with Crippen LogP contribution in [0.4, 0.5) is 0 Å². The molecular weight excluding hydrogens is 192 g/mol. The lowest BCUT2D eigenvalue weighted by molar-refractivity contribution is 0.472. The summed E-state index contributed by atoms with van der Waals surface area (Å²) in [6.07, 6.45) is 5.12. The summed E-state index contributed by atoms with van der Waals surface area (Å²) in [7, 11) is 0. The summed E-state index contributed by atoms with van der Waals surface area (Å²) in [4.78, 5) is 0. The normalized spacial score (nSPS) is 8.80. The van der Waals surface area contributed by atoms with Crippen LogP contribution < -0.4 is 0 Å². The van der Waals surface area contributed by atoms with Crippen LogP contribution in [-0.4, -0.2) is 5.11 Å². The summed E-state index contributed by atoms with van der Waals surface area (Å²) >= 11 is 3.14. The van der Waals surface area contributed by atoms with Crippen LogP contribution >= 0.6 is 15.9 Å². The first-order valence-corrected chi connectivity index (χ1v) is 3.48. The molecule has 0 aliphatic rings. The van der Waals surface area contributed by atoms with Gasteiger partial charge in [-0.25, -0.2) is 0 Å². The summed E-state index contributed by atoms with van der Waals surface area (Å²) in [6, 6.07) is 4.93. The first-order chi connectivity index (χ1) is 4.74. The molecule has 0 atom stereocenters. The van der Waals surface area contributed by atoms with Gasteiger partial charge in [-0.3, -0.25) is 0 Å². The van der Waals surface area contributed by atoms with Crippen molar-refractivity contribution in [1.82, 2.24) is 0 Å². The van der Waals surface area contributed by atoms with Crippen molar-refractivity contribution in [2.75, 3.05) is 0 Å². The molecular formula is C8H5BrO. The van der Waals surface area contributed by atoms with E-state index in [1.807, 2.05) is 0 Å². The summed E-state index contributed by atoms with van der Waals surface area (Å²) in [5, 5.41) is 9.02. The molecule has 0 heterocycles. The molecule has 1 nitrogen and oxygen atoms in total. The molecule has 0 spiro atoms. The molecule has 0 bridgehead atoms. The highest BCUT2D eigenvalue weighted by atomic mass is 79.9. The van der Waals surface area contributed by atoms with E-state index in [4.69, 9.17) is 11.5 Å². The number of hydrogen-bond donors (Lipinski definition) is 1. The van der Waals surface area contributed by atoms with Crippen molar-refractivity contribution in [1.29, 1.82) is 0 Å². The van der Waals surface area contributed by atoms with E-state index in [-0.39, 0.29) is 5.75 Å². The number of hydrogen-bond acceptors (Lipinski definition) is 1. The zero-order valence-corrected chi connectivity index (χ0v) is 6.72. The molecule has 0 saturated carbocycles. The Morgan fingerprint density at radius 3 is 2.70 bits per heavy atom. The minimum atomic E-state index is 0.207. The van der Waals surface area contributed by atoms with Crippen LogP contribution in [0.25, 0.3) is 0 Å². The molecule has 50 valence electrons. The van der Waals surface area contributed by atoms with E-state index in [2.05, 4.69) is 21.9 Å². The minimum Gasteiger partial charge on any atom is -0.507 e. The maximum absolute atomic E-state index is 9.02. The highest BCUT2D eigenvalue weighted by molar-refractivity contribution is 9.10. The predicted octanol–water partition coefficient (Wildman–Crippen LogP) is 2.14. The molecule has 1 aromatic rings. The van der Waals surface area contributed by atoms with Crippen LogP contribution in [0, 0.1) is 12.3 Å². The van der Waals surface area contributed by atoms with Gasteiger partial charge in [-0.1, -0.05) is 5.92 Å². The lowest BCUT2D eigenvalue weighted by Crippen LogP contribution is -1.73. The van der Waals surface area contributed by atoms with Crippen LogP contribution in [0.3, 0.4) is 0 Å². The largest absolute Gasteiger partial charge is 0.507 e. The van der Waals surface area contributed by atoms with Crippen molar-refractivity contribution in [2.45, 2.75) is 0 Å². The van der Waals surface area contributed by atoms with Crippen molar-refractivity contribution < 1.29 is 5.11 Å². The van der Waals surface area contributed by atoms with E-state index in [0.717, 1.165) is 5.56 Å². The Morgan fingerprint density at radius 1 is 1.50 bits per heavy atom. The number of aromatic hydroxyl groups is 1. The molecule has 0 fully saturated rings. The average molecular weight is 197 g/mol. The second-order valence-corrected chi connectivity index (χ2v) is 2.66. The highest BCUT2D eigenvalue weighted by Crippen LogP contribution is 2.23. The zero-order valence-electron chi connectivity index (χ0n) is 5.13. The van der Waals surface area contributed by atoms with Gasteiger partial charge in [-0.2, -0.15) is 0 Å². The number of terminal acetylenes is 1. The SMILES string of the molecule is C#Cc1ccc(O)c(Br)c1. The quantitative estimate of drug-likeness (QED) is 0.631. The Labute approximate surface area is 67.8 Å². The molecule has 0 saturated heterocycles. The fourth-order valence-corrected chi connectivity index (χ4v) is 0.975. The molecule has 0 aliphatic heterocycles.